The fraction of sp³-hybridized carbons (Fsp3) is 0.0588. The maximum Gasteiger partial charge on any atom is 0.310 e. The van der Waals surface area contributed by atoms with Gasteiger partial charge in [-0.3, -0.25) is 14.8 Å². The van der Waals surface area contributed by atoms with Gasteiger partial charge in [0.1, 0.15) is 0 Å². The molecule has 6 nitrogen and oxygen atoms in total. The van der Waals surface area contributed by atoms with E-state index in [9.17, 15) is 9.59 Å². The van der Waals surface area contributed by atoms with Crippen LogP contribution in [0.4, 0.5) is 0 Å². The van der Waals surface area contributed by atoms with E-state index in [0.29, 0.717) is 6.54 Å². The largest absolute Gasteiger partial charge is 0.446 e. The minimum absolute atomic E-state index is 0.00355. The van der Waals surface area contributed by atoms with Crippen LogP contribution < -0.4 is 10.8 Å². The van der Waals surface area contributed by atoms with Crippen molar-refractivity contribution in [1.29, 1.82) is 0 Å². The van der Waals surface area contributed by atoms with Crippen LogP contribution in [0.15, 0.2) is 59.0 Å². The summed E-state index contributed by atoms with van der Waals surface area (Å²) in [6.07, 6.45) is 0. The molecule has 0 aliphatic rings. The Morgan fingerprint density at radius 1 is 0.913 bits per heavy atom. The van der Waals surface area contributed by atoms with Gasteiger partial charge in [0.05, 0.1) is 0 Å². The van der Waals surface area contributed by atoms with Gasteiger partial charge in [0.2, 0.25) is 0 Å². The number of amides is 2. The molecule has 0 unspecified atom stereocenters. The normalized spacial score (nSPS) is 10.5. The summed E-state index contributed by atoms with van der Waals surface area (Å²) in [5, 5.41) is 13.4. The van der Waals surface area contributed by atoms with Crippen molar-refractivity contribution in [2.24, 2.45) is 0 Å². The summed E-state index contributed by atoms with van der Waals surface area (Å²) < 4.78 is 5.09. The SMILES string of the molecule is O=C(NO)c1ccc(C(=O)NCc2cccc3ccccc23)o1. The molecule has 116 valence electrons. The van der Waals surface area contributed by atoms with E-state index in [0.717, 1.165) is 16.3 Å². The van der Waals surface area contributed by atoms with Gasteiger partial charge < -0.3 is 9.73 Å². The van der Waals surface area contributed by atoms with Crippen molar-refractivity contribution in [3.05, 3.63) is 71.7 Å². The maximum absolute atomic E-state index is 12.1. The van der Waals surface area contributed by atoms with E-state index in [-0.39, 0.29) is 11.5 Å². The van der Waals surface area contributed by atoms with Gasteiger partial charge in [0, 0.05) is 6.54 Å². The second kappa shape index (κ2) is 6.33. The number of hydrogen-bond acceptors (Lipinski definition) is 4. The van der Waals surface area contributed by atoms with Gasteiger partial charge in [0.15, 0.2) is 11.5 Å². The summed E-state index contributed by atoms with van der Waals surface area (Å²) in [5.74, 6) is -1.38. The summed E-state index contributed by atoms with van der Waals surface area (Å²) in [6.45, 7) is 0.336. The lowest BCUT2D eigenvalue weighted by Gasteiger charge is -2.07. The highest BCUT2D eigenvalue weighted by atomic mass is 16.5. The van der Waals surface area contributed by atoms with Gasteiger partial charge in [-0.15, -0.1) is 0 Å². The van der Waals surface area contributed by atoms with Crippen molar-refractivity contribution in [3.8, 4) is 0 Å². The summed E-state index contributed by atoms with van der Waals surface area (Å²) >= 11 is 0. The molecule has 0 saturated heterocycles. The molecule has 1 heterocycles. The maximum atomic E-state index is 12.1. The third kappa shape index (κ3) is 3.07. The van der Waals surface area contributed by atoms with Gasteiger partial charge in [0.25, 0.3) is 5.91 Å². The fourth-order valence-electron chi connectivity index (χ4n) is 2.35. The van der Waals surface area contributed by atoms with Crippen molar-refractivity contribution in [3.63, 3.8) is 0 Å². The Balaban J connectivity index is 1.73. The van der Waals surface area contributed by atoms with Gasteiger partial charge >= 0.3 is 5.91 Å². The Labute approximate surface area is 131 Å². The number of benzene rings is 2. The Morgan fingerprint density at radius 3 is 2.39 bits per heavy atom. The summed E-state index contributed by atoms with van der Waals surface area (Å²) in [4.78, 5) is 23.3. The smallest absolute Gasteiger partial charge is 0.310 e. The first-order valence-corrected chi connectivity index (χ1v) is 6.98. The average molecular weight is 310 g/mol. The molecule has 0 fully saturated rings. The zero-order valence-electron chi connectivity index (χ0n) is 12.1. The van der Waals surface area contributed by atoms with Crippen molar-refractivity contribution in [2.45, 2.75) is 6.54 Å². The third-order valence-electron chi connectivity index (χ3n) is 3.47. The number of nitrogens with one attached hydrogen (secondary N) is 2. The number of hydroxylamine groups is 1. The van der Waals surface area contributed by atoms with Crippen LogP contribution in [0.1, 0.15) is 26.7 Å². The second-order valence-electron chi connectivity index (χ2n) is 4.93. The molecule has 3 N–H and O–H groups in total. The number of fused-ring (bicyclic) bond motifs is 1. The highest BCUT2D eigenvalue weighted by Gasteiger charge is 2.15. The minimum atomic E-state index is -0.807. The van der Waals surface area contributed by atoms with Crippen molar-refractivity contribution >= 4 is 22.6 Å². The lowest BCUT2D eigenvalue weighted by Crippen LogP contribution is -2.22. The molecule has 0 radical (unpaired) electrons. The van der Waals surface area contributed by atoms with Crippen molar-refractivity contribution in [1.82, 2.24) is 10.8 Å². The van der Waals surface area contributed by atoms with Crippen LogP contribution in [0.3, 0.4) is 0 Å². The fourth-order valence-corrected chi connectivity index (χ4v) is 2.35. The molecular weight excluding hydrogens is 296 g/mol. The summed E-state index contributed by atoms with van der Waals surface area (Å²) in [5.41, 5.74) is 2.43. The lowest BCUT2D eigenvalue weighted by molar-refractivity contribution is 0.0673. The van der Waals surface area contributed by atoms with Gasteiger partial charge in [-0.25, -0.2) is 5.48 Å². The molecule has 23 heavy (non-hydrogen) atoms. The van der Waals surface area contributed by atoms with Crippen molar-refractivity contribution in [2.75, 3.05) is 0 Å². The van der Waals surface area contributed by atoms with Crippen LogP contribution in [0.5, 0.6) is 0 Å². The quantitative estimate of drug-likeness (QED) is 0.510. The first-order valence-electron chi connectivity index (χ1n) is 6.98. The standard InChI is InChI=1S/C17H14N2O4/c20-16(14-8-9-15(23-14)17(21)19-22)18-10-12-6-3-5-11-4-1-2-7-13(11)12/h1-9,22H,10H2,(H,18,20)(H,19,21). The first-order chi connectivity index (χ1) is 11.2. The molecule has 0 bridgehead atoms. The molecule has 0 saturated carbocycles. The molecule has 3 aromatic rings. The molecule has 0 spiro atoms. The van der Waals surface area contributed by atoms with Gasteiger partial charge in [-0.1, -0.05) is 42.5 Å². The summed E-state index contributed by atoms with van der Waals surface area (Å²) in [6, 6.07) is 16.5. The average Bonchev–Trinajstić information content (AvgIpc) is 3.09. The topological polar surface area (TPSA) is 91.6 Å². The van der Waals surface area contributed by atoms with E-state index in [1.54, 1.807) is 0 Å². The number of carbonyl (C=O) groups excluding carboxylic acids is 2. The Hall–Kier alpha value is -3.12. The molecule has 6 heteroatoms. The predicted molar refractivity (Wildman–Crippen MR) is 83.1 cm³/mol. The minimum Gasteiger partial charge on any atom is -0.446 e. The van der Waals surface area contributed by atoms with E-state index in [4.69, 9.17) is 9.62 Å². The predicted octanol–water partition coefficient (Wildman–Crippen LogP) is 2.48. The van der Waals surface area contributed by atoms with Gasteiger partial charge in [-0.2, -0.15) is 0 Å². The van der Waals surface area contributed by atoms with Crippen LogP contribution in [0, 0.1) is 0 Å². The van der Waals surface area contributed by atoms with E-state index in [1.807, 2.05) is 42.5 Å². The molecule has 2 amide bonds. The molecule has 1 aromatic heterocycles. The summed E-state index contributed by atoms with van der Waals surface area (Å²) in [7, 11) is 0. The van der Waals surface area contributed by atoms with Crippen LogP contribution >= 0.6 is 0 Å². The van der Waals surface area contributed by atoms with E-state index >= 15 is 0 Å². The highest BCUT2D eigenvalue weighted by Crippen LogP contribution is 2.18. The van der Waals surface area contributed by atoms with E-state index in [1.165, 1.54) is 17.6 Å². The second-order valence-corrected chi connectivity index (χ2v) is 4.93. The lowest BCUT2D eigenvalue weighted by atomic mass is 10.0. The van der Waals surface area contributed by atoms with Crippen LogP contribution in [0.25, 0.3) is 10.8 Å². The number of furan rings is 1. The highest BCUT2D eigenvalue weighted by molar-refractivity contribution is 5.95. The van der Waals surface area contributed by atoms with Crippen LogP contribution in [0.2, 0.25) is 0 Å². The Morgan fingerprint density at radius 2 is 1.61 bits per heavy atom. The first kappa shape index (κ1) is 14.8. The van der Waals surface area contributed by atoms with E-state index in [2.05, 4.69) is 5.32 Å². The van der Waals surface area contributed by atoms with Crippen LogP contribution in [-0.2, 0) is 6.54 Å². The Bertz CT molecular complexity index is 864. The molecule has 0 aliphatic carbocycles. The molecule has 3 rings (SSSR count). The number of carbonyl (C=O) groups is 2. The number of rotatable bonds is 4. The zero-order valence-corrected chi connectivity index (χ0v) is 12.1. The molecule has 2 aromatic carbocycles. The van der Waals surface area contributed by atoms with Crippen LogP contribution in [-0.4, -0.2) is 17.0 Å². The van der Waals surface area contributed by atoms with E-state index < -0.39 is 11.8 Å². The van der Waals surface area contributed by atoms with Gasteiger partial charge in [-0.05, 0) is 28.5 Å². The monoisotopic (exact) mass is 310 g/mol. The molecular formula is C17H14N2O4. The zero-order chi connectivity index (χ0) is 16.2. The molecule has 0 aliphatic heterocycles. The van der Waals surface area contributed by atoms with Crippen molar-refractivity contribution < 1.29 is 19.2 Å². The third-order valence-corrected chi connectivity index (χ3v) is 3.47. The molecule has 0 atom stereocenters. The number of hydrogen-bond donors (Lipinski definition) is 3. The Kier molecular flexibility index (Phi) is 4.07.